The minimum atomic E-state index is -4.46. The Morgan fingerprint density at radius 2 is 1.82 bits per heavy atom. The molecule has 0 spiro atoms. The molecule has 17 heavy (non-hydrogen) atoms. The Kier molecular flexibility index (Phi) is 5.16. The zero-order valence-electron chi connectivity index (χ0n) is 7.68. The summed E-state index contributed by atoms with van der Waals surface area (Å²) < 4.78 is 38.9. The molecule has 4 nitrogen and oxygen atoms in total. The summed E-state index contributed by atoms with van der Waals surface area (Å²) in [6.07, 6.45) is -4.46. The van der Waals surface area contributed by atoms with Crippen molar-refractivity contribution in [2.75, 3.05) is 0 Å². The summed E-state index contributed by atoms with van der Waals surface area (Å²) in [5.41, 5.74) is -0.956. The number of rotatable bonds is 1. The Bertz CT molecular complexity index is 513. The number of alkyl halides is 3. The second kappa shape index (κ2) is 5.80. The standard InChI is InChI=1S/C8H5F3N4S.K.H/c9-8(10,11)5-3-1-2-4-6(5)15-7(16)12-13-14-15;;/h1-4H,(H,12,14,16);;. The summed E-state index contributed by atoms with van der Waals surface area (Å²) in [5, 5.41) is 10.1. The first-order valence-electron chi connectivity index (χ1n) is 4.14. The summed E-state index contributed by atoms with van der Waals surface area (Å²) in [5.74, 6) is 0. The molecule has 1 aromatic carbocycles. The number of nitrogens with zero attached hydrogens (tertiary/aromatic N) is 4. The number of aromatic nitrogens is 4. The minimum absolute atomic E-state index is 0. The van der Waals surface area contributed by atoms with Crippen LogP contribution in [-0.2, 0) is 6.18 Å². The average Bonchev–Trinajstić information content (AvgIpc) is 2.63. The van der Waals surface area contributed by atoms with Gasteiger partial charge in [0.1, 0.15) is 0 Å². The number of hydrogen-bond donors (Lipinski definition) is 1. The van der Waals surface area contributed by atoms with E-state index in [-0.39, 0.29) is 62.2 Å². The Hall–Kier alpha value is 0.0664. The molecular weight excluding hydrogens is 280 g/mol. The Balaban J connectivity index is 0.00000144. The van der Waals surface area contributed by atoms with Crippen molar-refractivity contribution in [3.05, 3.63) is 29.8 Å². The fourth-order valence-corrected chi connectivity index (χ4v) is 1.42. The van der Waals surface area contributed by atoms with Gasteiger partial charge in [0.25, 0.3) is 0 Å². The van der Waals surface area contributed by atoms with Gasteiger partial charge in [0.15, 0.2) is 0 Å². The second-order valence-electron chi connectivity index (χ2n) is 2.91. The molecule has 0 unspecified atom stereocenters. The van der Waals surface area contributed by atoms with Crippen LogP contribution in [0.2, 0.25) is 0 Å². The van der Waals surface area contributed by atoms with Crippen molar-refractivity contribution in [3.63, 3.8) is 0 Å². The van der Waals surface area contributed by atoms with Crippen molar-refractivity contribution in [1.29, 1.82) is 0 Å². The van der Waals surface area contributed by atoms with Crippen LogP contribution in [0.1, 0.15) is 5.56 Å². The van der Waals surface area contributed by atoms with Crippen molar-refractivity contribution in [3.8, 4) is 5.69 Å². The van der Waals surface area contributed by atoms with Crippen LogP contribution < -0.4 is 0 Å². The van der Waals surface area contributed by atoms with Gasteiger partial charge in [-0.2, -0.15) is 17.9 Å². The van der Waals surface area contributed by atoms with Crippen LogP contribution in [0.15, 0.2) is 29.4 Å². The van der Waals surface area contributed by atoms with Crippen molar-refractivity contribution >= 4 is 64.0 Å². The van der Waals surface area contributed by atoms with Gasteiger partial charge in [0.2, 0.25) is 5.16 Å². The Labute approximate surface area is 142 Å². The Morgan fingerprint density at radius 1 is 1.18 bits per heavy atom. The molecule has 1 aromatic heterocycles. The molecule has 0 saturated heterocycles. The monoisotopic (exact) mass is 286 g/mol. The van der Waals surface area contributed by atoms with Crippen molar-refractivity contribution in [2.24, 2.45) is 0 Å². The van der Waals surface area contributed by atoms with Crippen LogP contribution in [-0.4, -0.2) is 71.6 Å². The first-order chi connectivity index (χ1) is 7.50. The number of hydrogen-bond acceptors (Lipinski definition) is 4. The van der Waals surface area contributed by atoms with Gasteiger partial charge in [0, 0.05) is 0 Å². The van der Waals surface area contributed by atoms with Crippen LogP contribution in [0.5, 0.6) is 0 Å². The van der Waals surface area contributed by atoms with Crippen LogP contribution in [0, 0.1) is 0 Å². The van der Waals surface area contributed by atoms with Crippen LogP contribution in [0.25, 0.3) is 5.69 Å². The van der Waals surface area contributed by atoms with E-state index in [1.165, 1.54) is 18.2 Å². The van der Waals surface area contributed by atoms with Gasteiger partial charge in [-0.25, -0.2) is 0 Å². The topological polar surface area (TPSA) is 43.6 Å². The van der Waals surface area contributed by atoms with Gasteiger partial charge in [-0.05, 0) is 22.6 Å². The molecule has 0 aliphatic heterocycles. The molecule has 2 rings (SSSR count). The van der Waals surface area contributed by atoms with E-state index < -0.39 is 11.7 Å². The molecule has 0 bridgehead atoms. The third-order valence-corrected chi connectivity index (χ3v) is 2.17. The molecule has 0 saturated carbocycles. The van der Waals surface area contributed by atoms with Crippen LogP contribution >= 0.6 is 12.6 Å². The summed E-state index contributed by atoms with van der Waals surface area (Å²) in [7, 11) is 0. The number of benzene rings is 1. The number of para-hydroxylation sites is 1. The van der Waals surface area contributed by atoms with Gasteiger partial charge in [-0.3, -0.25) is 0 Å². The summed E-state index contributed by atoms with van der Waals surface area (Å²) in [4.78, 5) is 0. The normalized spacial score (nSPS) is 11.1. The van der Waals surface area contributed by atoms with E-state index in [0.717, 1.165) is 10.7 Å². The maximum atomic E-state index is 12.7. The van der Waals surface area contributed by atoms with E-state index >= 15 is 0 Å². The molecule has 0 aliphatic rings. The van der Waals surface area contributed by atoms with Gasteiger partial charge in [-0.15, -0.1) is 17.7 Å². The van der Waals surface area contributed by atoms with Gasteiger partial charge in [-0.1, -0.05) is 12.1 Å². The number of thiol groups is 1. The summed E-state index contributed by atoms with van der Waals surface area (Å²) >= 11 is 3.86. The van der Waals surface area contributed by atoms with Gasteiger partial charge in [0.05, 0.1) is 11.3 Å². The molecule has 0 radical (unpaired) electrons. The molecule has 86 valence electrons. The predicted molar refractivity (Wildman–Crippen MR) is 58.6 cm³/mol. The second-order valence-corrected chi connectivity index (χ2v) is 3.31. The molecule has 9 heteroatoms. The quantitative estimate of drug-likeness (QED) is 0.635. The SMILES string of the molecule is FC(F)(F)c1ccccc1-n1nnnc1S.[KH]. The van der Waals surface area contributed by atoms with E-state index in [9.17, 15) is 13.2 Å². The van der Waals surface area contributed by atoms with E-state index in [4.69, 9.17) is 0 Å². The van der Waals surface area contributed by atoms with E-state index in [2.05, 4.69) is 28.2 Å². The fourth-order valence-electron chi connectivity index (χ4n) is 1.24. The van der Waals surface area contributed by atoms with Gasteiger partial charge < -0.3 is 0 Å². The first kappa shape index (κ1) is 15.1. The van der Waals surface area contributed by atoms with E-state index in [1.807, 2.05) is 0 Å². The van der Waals surface area contributed by atoms with Crippen molar-refractivity contribution in [2.45, 2.75) is 11.3 Å². The molecule has 0 amide bonds. The van der Waals surface area contributed by atoms with Gasteiger partial charge >= 0.3 is 57.6 Å². The molecule has 0 N–H and O–H groups in total. The van der Waals surface area contributed by atoms with Crippen LogP contribution in [0.3, 0.4) is 0 Å². The molecular formula is C8H6F3KN4S. The molecule has 0 aliphatic carbocycles. The first-order valence-corrected chi connectivity index (χ1v) is 4.59. The predicted octanol–water partition coefficient (Wildman–Crippen LogP) is 1.32. The number of tetrazole rings is 1. The zero-order chi connectivity index (χ0) is 11.8. The zero-order valence-corrected chi connectivity index (χ0v) is 8.57. The molecule has 1 heterocycles. The van der Waals surface area contributed by atoms with E-state index in [0.29, 0.717) is 0 Å². The van der Waals surface area contributed by atoms with E-state index in [1.54, 1.807) is 0 Å². The third-order valence-electron chi connectivity index (χ3n) is 1.89. The third kappa shape index (κ3) is 3.29. The molecule has 0 fully saturated rings. The maximum absolute atomic E-state index is 12.7. The molecule has 0 atom stereocenters. The fraction of sp³-hybridized carbons (Fsp3) is 0.125. The average molecular weight is 286 g/mol. The summed E-state index contributed by atoms with van der Waals surface area (Å²) in [6, 6.07) is 5.01. The Morgan fingerprint density at radius 3 is 2.35 bits per heavy atom. The van der Waals surface area contributed by atoms with Crippen molar-refractivity contribution in [1.82, 2.24) is 20.2 Å². The summed E-state index contributed by atoms with van der Waals surface area (Å²) in [6.45, 7) is 0. The van der Waals surface area contributed by atoms with Crippen LogP contribution in [0.4, 0.5) is 13.2 Å². The van der Waals surface area contributed by atoms with Crippen molar-refractivity contribution < 1.29 is 13.2 Å². The number of halogens is 3. The molecule has 2 aromatic rings.